The average Bonchev–Trinajstić information content (AvgIpc) is 4.00. The van der Waals surface area contributed by atoms with Gasteiger partial charge >= 0.3 is 5.97 Å². The first-order valence-electron chi connectivity index (χ1n) is 25.0. The maximum atomic E-state index is 14.2. The molecule has 9 rings (SSSR count). The highest BCUT2D eigenvalue weighted by atomic mass is 33.1. The van der Waals surface area contributed by atoms with Crippen molar-refractivity contribution in [3.05, 3.63) is 154 Å². The Bertz CT molecular complexity index is 2830. The molecule has 2 N–H and O–H groups in total. The van der Waals surface area contributed by atoms with Gasteiger partial charge in [0.2, 0.25) is 11.8 Å². The SMILES string of the molecule is C=C/C(OC)=C(\C=C1/CC(=O)N2c3ccccc3C[C@H]2CN1)OCc1cc(COC2=C(OC)C[C@@H]3C(=O)N4c5ccccc5C[C@H]4C=NC3=C2)cc(CSCC(C)(C)SSCCCC(=O)ON2C(=O)CC[C@H]2O)c1. The molecule has 0 bridgehead atoms. The number of fused-ring (bicyclic) bond motifs is 7. The van der Waals surface area contributed by atoms with E-state index in [4.69, 9.17) is 28.8 Å². The number of anilines is 2. The Labute approximate surface area is 444 Å². The highest BCUT2D eigenvalue weighted by molar-refractivity contribution is 8.77. The number of aliphatic imine (C=N–C) groups is 1. The van der Waals surface area contributed by atoms with E-state index in [1.165, 1.54) is 5.56 Å². The maximum Gasteiger partial charge on any atom is 0.332 e. The summed E-state index contributed by atoms with van der Waals surface area (Å²) in [7, 11) is 6.62. The van der Waals surface area contributed by atoms with Crippen LogP contribution >= 0.6 is 33.3 Å². The van der Waals surface area contributed by atoms with Gasteiger partial charge in [0, 0.05) is 96.1 Å². The Morgan fingerprint density at radius 1 is 0.932 bits per heavy atom. The summed E-state index contributed by atoms with van der Waals surface area (Å²) in [6, 6.07) is 22.3. The molecule has 3 aromatic carbocycles. The van der Waals surface area contributed by atoms with Gasteiger partial charge in [0.15, 0.2) is 23.5 Å². The summed E-state index contributed by atoms with van der Waals surface area (Å²) in [6.07, 6.45) is 9.21. The molecule has 3 aromatic rings. The number of aliphatic hydroxyl groups excluding tert-OH is 1. The fourth-order valence-corrected chi connectivity index (χ4v) is 14.1. The Morgan fingerprint density at radius 2 is 1.66 bits per heavy atom. The van der Waals surface area contributed by atoms with Crippen molar-refractivity contribution in [2.45, 2.75) is 107 Å². The second-order valence-corrected chi connectivity index (χ2v) is 23.6. The number of methoxy groups -OCH3 is 2. The highest BCUT2D eigenvalue weighted by Gasteiger charge is 2.42. The Morgan fingerprint density at radius 3 is 2.39 bits per heavy atom. The van der Waals surface area contributed by atoms with Gasteiger partial charge in [0.25, 0.3) is 5.91 Å². The predicted molar refractivity (Wildman–Crippen MR) is 290 cm³/mol. The number of amides is 3. The molecule has 0 saturated carbocycles. The summed E-state index contributed by atoms with van der Waals surface area (Å²) in [5, 5.41) is 14.2. The van der Waals surface area contributed by atoms with Crippen LogP contribution < -0.4 is 15.1 Å². The van der Waals surface area contributed by atoms with E-state index in [1.54, 1.807) is 41.9 Å². The van der Waals surface area contributed by atoms with Crippen molar-refractivity contribution < 1.29 is 48.1 Å². The van der Waals surface area contributed by atoms with Gasteiger partial charge in [0.1, 0.15) is 19.0 Å². The molecule has 15 nitrogen and oxygen atoms in total. The molecule has 5 aliphatic heterocycles. The first-order chi connectivity index (χ1) is 35.8. The number of nitrogens with one attached hydrogen (secondary N) is 1. The zero-order valence-electron chi connectivity index (χ0n) is 42.2. The van der Waals surface area contributed by atoms with Crippen LogP contribution in [0.25, 0.3) is 0 Å². The van der Waals surface area contributed by atoms with E-state index in [-0.39, 0.29) is 73.4 Å². The highest BCUT2D eigenvalue weighted by Crippen LogP contribution is 2.42. The number of carbonyl (C=O) groups is 4. The number of hydroxylamine groups is 2. The smallest absolute Gasteiger partial charge is 0.332 e. The van der Waals surface area contributed by atoms with Gasteiger partial charge < -0.3 is 44.0 Å². The number of thioether (sulfide) groups is 1. The zero-order chi connectivity index (χ0) is 51.9. The van der Waals surface area contributed by atoms with E-state index in [2.05, 4.69) is 56.1 Å². The lowest BCUT2D eigenvalue weighted by molar-refractivity contribution is -0.220. The molecular formula is C56H63N5O10S3. The van der Waals surface area contributed by atoms with Crippen molar-refractivity contribution in [3.8, 4) is 0 Å². The van der Waals surface area contributed by atoms with Crippen LogP contribution in [-0.4, -0.2) is 95.4 Å². The number of hydrogen-bond acceptors (Lipinski definition) is 15. The van der Waals surface area contributed by atoms with Crippen molar-refractivity contribution in [3.63, 3.8) is 0 Å². The van der Waals surface area contributed by atoms with Gasteiger partial charge in [-0.15, -0.1) is 5.06 Å². The molecule has 0 aromatic heterocycles. The van der Waals surface area contributed by atoms with Crippen molar-refractivity contribution in [2.75, 3.05) is 42.1 Å². The summed E-state index contributed by atoms with van der Waals surface area (Å²) >= 11 is 1.81. The fourth-order valence-electron chi connectivity index (χ4n) is 10.00. The Balaban J connectivity index is 0.881. The standard InChI is InChI=1S/C56H63N5O10S3/c1-6-47(67-4)49(25-40-26-53(64)59-41(29-57-40)23-38-12-7-9-14-45(38)59)69-31-35-20-36(22-37(21-35)33-72-34-56(2,3)74-73-19-11-16-54(65)71-61-51(62)17-18-52(61)63)32-70-50-28-44-43(27-48(50)68-5)55(66)60-42(30-58-44)24-39-13-8-10-15-46(39)60/h6-10,12-15,20-22,25,28,30,41-43,51,57,62H,1,11,16-19,23-24,26-27,29,31-34H2,2-5H3/b40-25+,49-47-/t41-,42-,43-,51+/m0/s1. The minimum Gasteiger partial charge on any atom is -0.497 e. The predicted octanol–water partition coefficient (Wildman–Crippen LogP) is 8.98. The van der Waals surface area contributed by atoms with Crippen LogP contribution in [-0.2, 0) is 74.8 Å². The Hall–Kier alpha value is -6.08. The molecule has 2 saturated heterocycles. The second-order valence-electron chi connectivity index (χ2n) is 19.5. The molecule has 6 aliphatic rings. The van der Waals surface area contributed by atoms with Crippen molar-refractivity contribution in [1.29, 1.82) is 0 Å². The van der Waals surface area contributed by atoms with Crippen LogP contribution in [0.3, 0.4) is 0 Å². The van der Waals surface area contributed by atoms with E-state index < -0.39 is 18.1 Å². The number of ether oxygens (including phenoxy) is 4. The van der Waals surface area contributed by atoms with E-state index >= 15 is 0 Å². The third-order valence-corrected chi connectivity index (χ3v) is 18.6. The maximum absolute atomic E-state index is 14.2. The number of aliphatic hydroxyl groups is 1. The number of hydrogen-bond donors (Lipinski definition) is 2. The van der Waals surface area contributed by atoms with Gasteiger partial charge in [-0.3, -0.25) is 19.4 Å². The lowest BCUT2D eigenvalue weighted by atomic mass is 9.93. The molecule has 2 fully saturated rings. The van der Waals surface area contributed by atoms with Gasteiger partial charge in [-0.25, -0.2) is 4.79 Å². The van der Waals surface area contributed by atoms with E-state index in [0.29, 0.717) is 66.0 Å². The quantitative estimate of drug-likeness (QED) is 0.0449. The lowest BCUT2D eigenvalue weighted by Crippen LogP contribution is -2.41. The van der Waals surface area contributed by atoms with Crippen molar-refractivity contribution in [1.82, 2.24) is 10.4 Å². The van der Waals surface area contributed by atoms with Crippen LogP contribution in [0.2, 0.25) is 0 Å². The minimum atomic E-state index is -1.08. The molecular weight excluding hydrogens is 999 g/mol. The third-order valence-electron chi connectivity index (χ3n) is 13.5. The number of para-hydroxylation sites is 2. The largest absolute Gasteiger partial charge is 0.497 e. The first kappa shape index (κ1) is 52.8. The number of benzene rings is 3. The van der Waals surface area contributed by atoms with Gasteiger partial charge in [0.05, 0.1) is 44.3 Å². The summed E-state index contributed by atoms with van der Waals surface area (Å²) in [5.41, 5.74) is 8.45. The zero-order valence-corrected chi connectivity index (χ0v) is 44.7. The monoisotopic (exact) mass is 1060 g/mol. The molecule has 4 atom stereocenters. The van der Waals surface area contributed by atoms with Crippen molar-refractivity contribution in [2.24, 2.45) is 10.9 Å². The number of allylic oxidation sites excluding steroid dienone is 4. The topological polar surface area (TPSA) is 169 Å². The van der Waals surface area contributed by atoms with Crippen LogP contribution in [0, 0.1) is 5.92 Å². The average molecular weight is 1060 g/mol. The van der Waals surface area contributed by atoms with Crippen LogP contribution in [0.1, 0.15) is 80.2 Å². The van der Waals surface area contributed by atoms with Gasteiger partial charge in [-0.1, -0.05) is 76.7 Å². The Kier molecular flexibility index (Phi) is 16.9. The molecule has 0 unspecified atom stereocenters. The number of carbonyl (C=O) groups excluding carboxylic acids is 4. The molecule has 18 heteroatoms. The van der Waals surface area contributed by atoms with E-state index in [9.17, 15) is 24.3 Å². The number of nitrogens with zero attached hydrogens (tertiary/aromatic N) is 4. The summed E-state index contributed by atoms with van der Waals surface area (Å²) < 4.78 is 24.7. The molecule has 390 valence electrons. The summed E-state index contributed by atoms with van der Waals surface area (Å²) in [6.45, 7) is 9.36. The molecule has 5 heterocycles. The third kappa shape index (κ3) is 12.2. The fraction of sp³-hybridized carbons (Fsp3) is 0.411. The first-order valence-corrected chi connectivity index (χ1v) is 28.4. The normalized spacial score (nSPS) is 21.9. The molecule has 0 radical (unpaired) electrons. The van der Waals surface area contributed by atoms with Gasteiger partial charge in [-0.05, 0) is 78.8 Å². The van der Waals surface area contributed by atoms with Crippen LogP contribution in [0.15, 0.2) is 131 Å². The summed E-state index contributed by atoms with van der Waals surface area (Å²) in [5.74, 6) is 2.81. The summed E-state index contributed by atoms with van der Waals surface area (Å²) in [4.78, 5) is 65.9. The van der Waals surface area contributed by atoms with Gasteiger partial charge in [-0.2, -0.15) is 11.8 Å². The molecule has 0 spiro atoms. The number of rotatable bonds is 21. The molecule has 1 aliphatic carbocycles. The lowest BCUT2D eigenvalue weighted by Gasteiger charge is -2.28. The molecule has 74 heavy (non-hydrogen) atoms. The van der Waals surface area contributed by atoms with Crippen LogP contribution in [0.5, 0.6) is 0 Å². The minimum absolute atomic E-state index is 0.00579. The van der Waals surface area contributed by atoms with Crippen molar-refractivity contribution >= 4 is 74.6 Å². The van der Waals surface area contributed by atoms with E-state index in [1.807, 2.05) is 76.3 Å². The second kappa shape index (κ2) is 23.6. The molecule has 3 amide bonds. The van der Waals surface area contributed by atoms with Crippen LogP contribution in [0.4, 0.5) is 11.4 Å². The van der Waals surface area contributed by atoms with E-state index in [0.717, 1.165) is 56.6 Å².